The quantitative estimate of drug-likeness (QED) is 0.272. The summed E-state index contributed by atoms with van der Waals surface area (Å²) in [5.74, 6) is 0.835. The smallest absolute Gasteiger partial charge is 0.000473 e. The van der Waals surface area contributed by atoms with Crippen LogP contribution in [0.15, 0.2) is 30.3 Å². The standard InChI is InChI=1S/C17H27I/c1-16(15-17-12-8-6-9-13-17)11-7-4-2-3-5-10-14-18/h6,8-9,12-13,16H,2-5,7,10-11,14-15H2,1H3/t16-/m0/s1. The fourth-order valence-corrected chi connectivity index (χ4v) is 2.95. The zero-order valence-corrected chi connectivity index (χ0v) is 13.9. The maximum absolute atomic E-state index is 2.47. The molecule has 1 aromatic carbocycles. The molecule has 0 aliphatic carbocycles. The molecule has 18 heavy (non-hydrogen) atoms. The Morgan fingerprint density at radius 3 is 2.17 bits per heavy atom. The fourth-order valence-electron chi connectivity index (χ4n) is 2.41. The summed E-state index contributed by atoms with van der Waals surface area (Å²) in [6, 6.07) is 10.9. The first-order valence-electron chi connectivity index (χ1n) is 7.43. The number of hydrogen-bond donors (Lipinski definition) is 0. The Kier molecular flexibility index (Phi) is 9.63. The van der Waals surface area contributed by atoms with E-state index in [0.717, 1.165) is 5.92 Å². The van der Waals surface area contributed by atoms with Crippen LogP contribution in [0.2, 0.25) is 0 Å². The Balaban J connectivity index is 1.99. The molecule has 0 radical (unpaired) electrons. The van der Waals surface area contributed by atoms with E-state index in [9.17, 15) is 0 Å². The molecule has 0 unspecified atom stereocenters. The Labute approximate surface area is 127 Å². The van der Waals surface area contributed by atoms with Crippen molar-refractivity contribution in [2.24, 2.45) is 5.92 Å². The Bertz CT molecular complexity index is 281. The third-order valence-electron chi connectivity index (χ3n) is 3.51. The van der Waals surface area contributed by atoms with Crippen molar-refractivity contribution in [1.29, 1.82) is 0 Å². The highest BCUT2D eigenvalue weighted by Crippen LogP contribution is 2.16. The van der Waals surface area contributed by atoms with E-state index >= 15 is 0 Å². The van der Waals surface area contributed by atoms with E-state index in [0.29, 0.717) is 0 Å². The average Bonchev–Trinajstić information content (AvgIpc) is 2.39. The number of unbranched alkanes of at least 4 members (excludes halogenated alkanes) is 5. The van der Waals surface area contributed by atoms with Gasteiger partial charge in [-0.15, -0.1) is 0 Å². The molecule has 1 heteroatoms. The van der Waals surface area contributed by atoms with Crippen molar-refractivity contribution in [2.45, 2.75) is 58.3 Å². The Morgan fingerprint density at radius 1 is 0.889 bits per heavy atom. The van der Waals surface area contributed by atoms with Crippen LogP contribution >= 0.6 is 22.6 Å². The molecule has 0 fully saturated rings. The van der Waals surface area contributed by atoms with E-state index in [1.165, 1.54) is 61.4 Å². The molecule has 0 heterocycles. The predicted octanol–water partition coefficient (Wildman–Crippen LogP) is 6.03. The van der Waals surface area contributed by atoms with Crippen molar-refractivity contribution >= 4 is 22.6 Å². The molecule has 0 aliphatic rings. The topological polar surface area (TPSA) is 0 Å². The predicted molar refractivity (Wildman–Crippen MR) is 90.5 cm³/mol. The van der Waals surface area contributed by atoms with Gasteiger partial charge < -0.3 is 0 Å². The summed E-state index contributed by atoms with van der Waals surface area (Å²) < 4.78 is 1.33. The second kappa shape index (κ2) is 10.8. The van der Waals surface area contributed by atoms with Gasteiger partial charge in [0.05, 0.1) is 0 Å². The van der Waals surface area contributed by atoms with E-state index < -0.39 is 0 Å². The van der Waals surface area contributed by atoms with Gasteiger partial charge in [-0.05, 0) is 28.8 Å². The van der Waals surface area contributed by atoms with E-state index in [4.69, 9.17) is 0 Å². The van der Waals surface area contributed by atoms with Crippen LogP contribution in [0.1, 0.15) is 57.4 Å². The molecule has 1 rings (SSSR count). The number of halogens is 1. The molecule has 0 N–H and O–H groups in total. The maximum atomic E-state index is 2.47. The molecule has 0 nitrogen and oxygen atoms in total. The van der Waals surface area contributed by atoms with Crippen molar-refractivity contribution in [1.82, 2.24) is 0 Å². The SMILES string of the molecule is C[C@@H](CCCCCCCCI)Cc1ccccc1. The van der Waals surface area contributed by atoms with Crippen LogP contribution < -0.4 is 0 Å². The largest absolute Gasteiger partial charge is 0.0864 e. The highest BCUT2D eigenvalue weighted by Gasteiger charge is 2.03. The summed E-state index contributed by atoms with van der Waals surface area (Å²) in [4.78, 5) is 0. The molecule has 0 aliphatic heterocycles. The Hall–Kier alpha value is -0.0500. The van der Waals surface area contributed by atoms with Crippen LogP contribution in [-0.4, -0.2) is 4.43 Å². The second-order valence-corrected chi connectivity index (χ2v) is 6.47. The van der Waals surface area contributed by atoms with E-state index in [-0.39, 0.29) is 0 Å². The number of hydrogen-bond acceptors (Lipinski definition) is 0. The summed E-state index contributed by atoms with van der Waals surface area (Å²) in [7, 11) is 0. The van der Waals surface area contributed by atoms with E-state index in [1.54, 1.807) is 0 Å². The van der Waals surface area contributed by atoms with Gasteiger partial charge in [0.15, 0.2) is 0 Å². The van der Waals surface area contributed by atoms with Gasteiger partial charge in [0.25, 0.3) is 0 Å². The first-order chi connectivity index (χ1) is 8.83. The van der Waals surface area contributed by atoms with Gasteiger partial charge in [0.2, 0.25) is 0 Å². The first kappa shape index (κ1) is 16.0. The van der Waals surface area contributed by atoms with Crippen LogP contribution in [-0.2, 0) is 6.42 Å². The van der Waals surface area contributed by atoms with Gasteiger partial charge in [-0.25, -0.2) is 0 Å². The third kappa shape index (κ3) is 8.12. The number of benzene rings is 1. The normalized spacial score (nSPS) is 12.6. The maximum Gasteiger partial charge on any atom is -0.000473 e. The van der Waals surface area contributed by atoms with Crippen LogP contribution in [0, 0.1) is 5.92 Å². The van der Waals surface area contributed by atoms with Gasteiger partial charge in [-0.1, -0.05) is 98.4 Å². The third-order valence-corrected chi connectivity index (χ3v) is 4.27. The van der Waals surface area contributed by atoms with Crippen molar-refractivity contribution in [3.8, 4) is 0 Å². The number of rotatable bonds is 10. The molecular weight excluding hydrogens is 331 g/mol. The van der Waals surface area contributed by atoms with Crippen LogP contribution in [0.5, 0.6) is 0 Å². The molecule has 0 saturated carbocycles. The van der Waals surface area contributed by atoms with E-state index in [2.05, 4.69) is 59.8 Å². The minimum Gasteiger partial charge on any atom is -0.0864 e. The lowest BCUT2D eigenvalue weighted by Gasteiger charge is -2.11. The highest BCUT2D eigenvalue weighted by molar-refractivity contribution is 14.1. The summed E-state index contributed by atoms with van der Waals surface area (Å²) in [5.41, 5.74) is 1.49. The van der Waals surface area contributed by atoms with Crippen LogP contribution in [0.3, 0.4) is 0 Å². The fraction of sp³-hybridized carbons (Fsp3) is 0.647. The molecule has 0 saturated heterocycles. The first-order valence-corrected chi connectivity index (χ1v) is 8.95. The van der Waals surface area contributed by atoms with Crippen LogP contribution in [0.25, 0.3) is 0 Å². The highest BCUT2D eigenvalue weighted by atomic mass is 127. The van der Waals surface area contributed by atoms with Crippen LogP contribution in [0.4, 0.5) is 0 Å². The zero-order valence-electron chi connectivity index (χ0n) is 11.7. The average molecular weight is 358 g/mol. The molecule has 0 spiro atoms. The summed E-state index contributed by atoms with van der Waals surface area (Å²) in [6.45, 7) is 2.39. The lowest BCUT2D eigenvalue weighted by Crippen LogP contribution is -1.99. The molecule has 1 atom stereocenters. The summed E-state index contributed by atoms with van der Waals surface area (Å²) in [6.07, 6.45) is 11.2. The van der Waals surface area contributed by atoms with Crippen molar-refractivity contribution in [2.75, 3.05) is 4.43 Å². The number of alkyl halides is 1. The minimum absolute atomic E-state index is 0.835. The van der Waals surface area contributed by atoms with Crippen molar-refractivity contribution < 1.29 is 0 Å². The summed E-state index contributed by atoms with van der Waals surface area (Å²) in [5, 5.41) is 0. The van der Waals surface area contributed by atoms with Crippen molar-refractivity contribution in [3.63, 3.8) is 0 Å². The second-order valence-electron chi connectivity index (χ2n) is 5.39. The molecule has 102 valence electrons. The Morgan fingerprint density at radius 2 is 1.50 bits per heavy atom. The van der Waals surface area contributed by atoms with Crippen molar-refractivity contribution in [3.05, 3.63) is 35.9 Å². The molecule has 0 amide bonds. The molecule has 0 bridgehead atoms. The van der Waals surface area contributed by atoms with Gasteiger partial charge in [0, 0.05) is 0 Å². The van der Waals surface area contributed by atoms with Gasteiger partial charge >= 0.3 is 0 Å². The minimum atomic E-state index is 0.835. The lowest BCUT2D eigenvalue weighted by molar-refractivity contribution is 0.481. The zero-order chi connectivity index (χ0) is 13.1. The molecular formula is C17H27I. The lowest BCUT2D eigenvalue weighted by atomic mass is 9.95. The monoisotopic (exact) mass is 358 g/mol. The van der Waals surface area contributed by atoms with E-state index in [1.807, 2.05) is 0 Å². The summed E-state index contributed by atoms with van der Waals surface area (Å²) >= 11 is 2.47. The molecule has 0 aromatic heterocycles. The van der Waals surface area contributed by atoms with Gasteiger partial charge in [0.1, 0.15) is 0 Å². The molecule has 1 aromatic rings. The van der Waals surface area contributed by atoms with Gasteiger partial charge in [-0.2, -0.15) is 0 Å². The van der Waals surface area contributed by atoms with Gasteiger partial charge in [-0.3, -0.25) is 0 Å².